The molecule has 0 bridgehead atoms. The van der Waals surface area contributed by atoms with Gasteiger partial charge in [0.1, 0.15) is 13.3 Å². The molecule has 0 radical (unpaired) electrons. The van der Waals surface area contributed by atoms with Gasteiger partial charge in [0.05, 0.1) is 12.5 Å². The van der Waals surface area contributed by atoms with E-state index >= 15 is 0 Å². The van der Waals surface area contributed by atoms with Crippen molar-refractivity contribution in [1.82, 2.24) is 29.7 Å². The lowest BCUT2D eigenvalue weighted by Gasteiger charge is -2.26. The number of methoxy groups -OCH3 is 1. The molecule has 243 valence electrons. The van der Waals surface area contributed by atoms with Crippen molar-refractivity contribution in [2.24, 2.45) is 5.41 Å². The molecule has 0 N–H and O–H groups in total. The van der Waals surface area contributed by atoms with E-state index in [4.69, 9.17) is 18.9 Å². The quantitative estimate of drug-likeness (QED) is 0.0950. The molecule has 0 saturated carbocycles. The van der Waals surface area contributed by atoms with Crippen molar-refractivity contribution >= 4 is 14.0 Å². The molecule has 0 saturated heterocycles. The Morgan fingerprint density at radius 2 is 1.61 bits per heavy atom. The third-order valence-electron chi connectivity index (χ3n) is 6.21. The van der Waals surface area contributed by atoms with Crippen LogP contribution >= 0.6 is 0 Å². The second-order valence-corrected chi connectivity index (χ2v) is 17.5. The Morgan fingerprint density at radius 3 is 2.18 bits per heavy atom. The molecule has 11 nitrogen and oxygen atoms in total. The molecule has 0 atom stereocenters. The van der Waals surface area contributed by atoms with Crippen LogP contribution in [0.15, 0.2) is 24.7 Å². The summed E-state index contributed by atoms with van der Waals surface area (Å²) in [6, 6.07) is 1.87. The van der Waals surface area contributed by atoms with Gasteiger partial charge in [-0.25, -0.2) is 15.0 Å². The Morgan fingerprint density at radius 1 is 0.955 bits per heavy atom. The van der Waals surface area contributed by atoms with E-state index in [1.54, 1.807) is 26.1 Å². The minimum atomic E-state index is -5.80. The fraction of sp³-hybridized carbons (Fsp3) is 0.556. The van der Waals surface area contributed by atoms with Crippen molar-refractivity contribution in [3.63, 3.8) is 0 Å². The summed E-state index contributed by atoms with van der Waals surface area (Å²) in [5.74, 6) is -5.42. The first kappa shape index (κ1) is 34.8. The number of pyridine rings is 1. The van der Waals surface area contributed by atoms with Gasteiger partial charge in [0.25, 0.3) is 0 Å². The number of rotatable bonds is 14. The number of alkyl halides is 5. The summed E-state index contributed by atoms with van der Waals surface area (Å²) in [6.45, 7) is 9.67. The smallest absolute Gasteiger partial charge is 0.456 e. The first-order valence-electron chi connectivity index (χ1n) is 13.4. The topological polar surface area (TPSA) is 123 Å². The van der Waals surface area contributed by atoms with Crippen LogP contribution in [-0.2, 0) is 21.0 Å². The Hall–Kier alpha value is -3.73. The number of halogens is 5. The number of carbonyl (C=O) groups is 1. The van der Waals surface area contributed by atoms with Crippen LogP contribution in [0.1, 0.15) is 19.4 Å². The molecule has 0 spiro atoms. The molecule has 3 aromatic heterocycles. The highest BCUT2D eigenvalue weighted by Gasteiger charge is 2.58. The van der Waals surface area contributed by atoms with Crippen LogP contribution in [0.3, 0.4) is 0 Å². The summed E-state index contributed by atoms with van der Waals surface area (Å²) in [5, 5.41) is 4.12. The number of ether oxygens (including phenoxy) is 4. The van der Waals surface area contributed by atoms with Gasteiger partial charge in [0.2, 0.25) is 11.7 Å². The molecular weight excluding hydrogens is 611 g/mol. The summed E-state index contributed by atoms with van der Waals surface area (Å²) in [6.07, 6.45) is -1.34. The number of nitrogens with zero attached hydrogens (tertiary/aromatic N) is 6. The fourth-order valence-electron chi connectivity index (χ4n) is 3.46. The molecule has 0 fully saturated rings. The van der Waals surface area contributed by atoms with E-state index in [-0.39, 0.29) is 25.0 Å². The highest BCUT2D eigenvalue weighted by Crippen LogP contribution is 2.36. The van der Waals surface area contributed by atoms with Gasteiger partial charge in [0.15, 0.2) is 12.4 Å². The van der Waals surface area contributed by atoms with E-state index in [2.05, 4.69) is 44.7 Å². The standard InChI is InChI=1S/C27H35F5N6O5Si/c1-17-10-20(42-14-25(2,3)23(39)40-4)33-13-19(17)18-11-34-21(35-12-18)22-36-24(43-15-26(28,29)27(30,31)32)38(37-22)16-41-8-9-44(5,6)7/h10-13H,8-9,14-16H2,1-7H3/q-1. The van der Waals surface area contributed by atoms with Crippen LogP contribution < -0.4 is 9.47 Å². The maximum atomic E-state index is 13.5. The molecule has 0 aliphatic carbocycles. The molecule has 3 heterocycles. The van der Waals surface area contributed by atoms with Crippen molar-refractivity contribution in [3.05, 3.63) is 30.2 Å². The number of hydrogen-bond donors (Lipinski definition) is 0. The van der Waals surface area contributed by atoms with Crippen LogP contribution in [-0.4, -0.2) is 82.8 Å². The second kappa shape index (κ2) is 13.5. The summed E-state index contributed by atoms with van der Waals surface area (Å²) in [7, 11) is -0.151. The Kier molecular flexibility index (Phi) is 10.7. The Balaban J connectivity index is 1.78. The predicted molar refractivity (Wildman–Crippen MR) is 151 cm³/mol. The zero-order valence-electron chi connectivity index (χ0n) is 25.5. The molecule has 0 amide bonds. The first-order valence-corrected chi connectivity index (χ1v) is 17.1. The third kappa shape index (κ3) is 9.14. The summed E-state index contributed by atoms with van der Waals surface area (Å²) >= 11 is 0. The van der Waals surface area contributed by atoms with Crippen molar-refractivity contribution in [1.29, 1.82) is 0 Å². The molecule has 0 aliphatic heterocycles. The van der Waals surface area contributed by atoms with Crippen molar-refractivity contribution in [2.45, 2.75) is 65.3 Å². The fourth-order valence-corrected chi connectivity index (χ4v) is 4.22. The molecule has 17 heteroatoms. The van der Waals surface area contributed by atoms with E-state index in [0.717, 1.165) is 16.3 Å². The van der Waals surface area contributed by atoms with Gasteiger partial charge in [-0.1, -0.05) is 0 Å². The van der Waals surface area contributed by atoms with E-state index in [0.29, 0.717) is 23.6 Å². The normalized spacial score (nSPS) is 12.7. The lowest BCUT2D eigenvalue weighted by atomic mass is 9.95. The average molecular weight is 647 g/mol. The number of carbonyl (C=O) groups excluding carboxylic acids is 1. The molecule has 0 aliphatic rings. The van der Waals surface area contributed by atoms with Gasteiger partial charge in [-0.2, -0.15) is 51.3 Å². The molecule has 0 unspecified atom stereocenters. The van der Waals surface area contributed by atoms with Gasteiger partial charge >= 0.3 is 24.1 Å². The number of aryl methyl sites for hydroxylation is 1. The summed E-state index contributed by atoms with van der Waals surface area (Å²) < 4.78 is 86.8. The minimum Gasteiger partial charge on any atom is -0.476 e. The van der Waals surface area contributed by atoms with Crippen LogP contribution in [0, 0.1) is 12.3 Å². The van der Waals surface area contributed by atoms with Gasteiger partial charge < -0.3 is 18.9 Å². The first-order chi connectivity index (χ1) is 20.3. The lowest BCUT2D eigenvalue weighted by molar-refractivity contribution is -0.290. The van der Waals surface area contributed by atoms with Crippen LogP contribution in [0.25, 0.3) is 22.8 Å². The highest BCUT2D eigenvalue weighted by molar-refractivity contribution is 6.76. The molecule has 44 heavy (non-hydrogen) atoms. The van der Waals surface area contributed by atoms with Crippen LogP contribution in [0.5, 0.6) is 11.9 Å². The Labute approximate surface area is 252 Å². The van der Waals surface area contributed by atoms with Gasteiger partial charge in [-0.05, 0) is 26.3 Å². The van der Waals surface area contributed by atoms with Gasteiger partial charge in [0, 0.05) is 42.4 Å². The molecule has 3 rings (SSSR count). The number of esters is 1. The minimum absolute atomic E-state index is 0.0300. The SMILES string of the molecule is COC(=O)C(C)(C)COc1cc(C)c(-c2cnc(-c3nc(OCC(F)(F)C(F)(F)F)n(COCC[Si-](C)(C)C)n3)nc2)cn1. The van der Waals surface area contributed by atoms with Gasteiger partial charge in [-0.15, -0.1) is 19.2 Å². The monoisotopic (exact) mass is 646 g/mol. The maximum Gasteiger partial charge on any atom is 0.456 e. The predicted octanol–water partition coefficient (Wildman–Crippen LogP) is 5.57. The zero-order valence-corrected chi connectivity index (χ0v) is 26.5. The zero-order chi connectivity index (χ0) is 32.9. The number of hydrogen-bond acceptors (Lipinski definition) is 10. The summed E-state index contributed by atoms with van der Waals surface area (Å²) in [4.78, 5) is 28.6. The molecule has 3 aromatic rings. The Bertz CT molecular complexity index is 1430. The number of aromatic nitrogens is 6. The van der Waals surface area contributed by atoms with E-state index < -0.39 is 44.2 Å². The van der Waals surface area contributed by atoms with E-state index in [9.17, 15) is 26.7 Å². The lowest BCUT2D eigenvalue weighted by Crippen LogP contribution is -2.42. The van der Waals surface area contributed by atoms with E-state index in [1.165, 1.54) is 19.5 Å². The molecule has 0 aromatic carbocycles. The third-order valence-corrected chi connectivity index (χ3v) is 7.92. The summed E-state index contributed by atoms with van der Waals surface area (Å²) in [5.41, 5.74) is 1.12. The van der Waals surface area contributed by atoms with Crippen molar-refractivity contribution in [2.75, 3.05) is 26.9 Å². The van der Waals surface area contributed by atoms with Crippen molar-refractivity contribution in [3.8, 4) is 34.7 Å². The van der Waals surface area contributed by atoms with Crippen molar-refractivity contribution < 1.29 is 45.7 Å². The second-order valence-electron chi connectivity index (χ2n) is 11.9. The average Bonchev–Trinajstić information content (AvgIpc) is 3.35. The van der Waals surface area contributed by atoms with Crippen LogP contribution in [0.4, 0.5) is 22.0 Å². The van der Waals surface area contributed by atoms with Crippen LogP contribution in [0.2, 0.25) is 25.7 Å². The molecular formula is C27H35F5N6O5Si-. The highest BCUT2D eigenvalue weighted by atomic mass is 28.3. The van der Waals surface area contributed by atoms with Gasteiger partial charge in [-0.3, -0.25) is 4.79 Å². The van der Waals surface area contributed by atoms with E-state index in [1.807, 2.05) is 6.92 Å². The largest absolute Gasteiger partial charge is 0.476 e. The maximum absolute atomic E-state index is 13.5.